The predicted octanol–water partition coefficient (Wildman–Crippen LogP) is 3.29. The summed E-state index contributed by atoms with van der Waals surface area (Å²) >= 11 is 0. The third-order valence-corrected chi connectivity index (χ3v) is 4.67. The summed E-state index contributed by atoms with van der Waals surface area (Å²) < 4.78 is 10.4. The molecule has 2 aromatic rings. The van der Waals surface area contributed by atoms with Crippen LogP contribution in [0.25, 0.3) is 0 Å². The maximum Gasteiger partial charge on any atom is 0.338 e. The molecule has 0 fully saturated rings. The van der Waals surface area contributed by atoms with Gasteiger partial charge in [0.1, 0.15) is 12.4 Å². The van der Waals surface area contributed by atoms with Gasteiger partial charge < -0.3 is 9.26 Å². The van der Waals surface area contributed by atoms with Crippen molar-refractivity contribution in [1.29, 1.82) is 0 Å². The number of hydrogen-bond donors (Lipinski definition) is 0. The number of imide groups is 1. The highest BCUT2D eigenvalue weighted by atomic mass is 16.5. The number of nitrogens with zero attached hydrogens (tertiary/aromatic N) is 2. The molecule has 0 bridgehead atoms. The number of ether oxygens (including phenoxy) is 1. The molecular weight excluding hydrogens is 348 g/mol. The molecule has 2 heterocycles. The van der Waals surface area contributed by atoms with Crippen molar-refractivity contribution in [2.24, 2.45) is 5.92 Å². The number of carbonyl (C=O) groups is 3. The molecule has 0 atom stereocenters. The zero-order valence-electron chi connectivity index (χ0n) is 15.9. The van der Waals surface area contributed by atoms with Crippen LogP contribution in [0.1, 0.15) is 68.4 Å². The highest BCUT2D eigenvalue weighted by molar-refractivity contribution is 6.21. The number of aromatic nitrogens is 1. The van der Waals surface area contributed by atoms with Gasteiger partial charge in [-0.2, -0.15) is 0 Å². The van der Waals surface area contributed by atoms with Crippen LogP contribution in [0.3, 0.4) is 0 Å². The number of amides is 2. The first-order valence-corrected chi connectivity index (χ1v) is 8.88. The molecule has 0 unspecified atom stereocenters. The normalized spacial score (nSPS) is 13.4. The Morgan fingerprint density at radius 1 is 1.19 bits per heavy atom. The Bertz CT molecular complexity index is 894. The molecule has 27 heavy (non-hydrogen) atoms. The maximum atomic E-state index is 12.6. The molecule has 2 amide bonds. The molecule has 0 spiro atoms. The van der Waals surface area contributed by atoms with Gasteiger partial charge in [-0.1, -0.05) is 19.0 Å². The highest BCUT2D eigenvalue weighted by Crippen LogP contribution is 2.25. The molecule has 1 aromatic heterocycles. The molecule has 0 saturated carbocycles. The molecule has 7 heteroatoms. The second-order valence-corrected chi connectivity index (χ2v) is 7.08. The number of aryl methyl sites for hydroxylation is 2. The van der Waals surface area contributed by atoms with Crippen LogP contribution in [0.5, 0.6) is 0 Å². The largest absolute Gasteiger partial charge is 0.457 e. The smallest absolute Gasteiger partial charge is 0.338 e. The minimum atomic E-state index is -0.571. The predicted molar refractivity (Wildman–Crippen MR) is 96.4 cm³/mol. The topological polar surface area (TPSA) is 89.7 Å². The van der Waals surface area contributed by atoms with Gasteiger partial charge in [-0.25, -0.2) is 4.79 Å². The number of esters is 1. The van der Waals surface area contributed by atoms with Crippen LogP contribution in [0.15, 0.2) is 22.7 Å². The number of carbonyl (C=O) groups excluding carboxylic acids is 3. The van der Waals surface area contributed by atoms with E-state index in [9.17, 15) is 14.4 Å². The van der Waals surface area contributed by atoms with Crippen molar-refractivity contribution in [2.45, 2.75) is 40.7 Å². The fourth-order valence-electron chi connectivity index (χ4n) is 2.94. The molecule has 0 N–H and O–H groups in total. The van der Waals surface area contributed by atoms with Crippen LogP contribution in [0.4, 0.5) is 0 Å². The van der Waals surface area contributed by atoms with Crippen LogP contribution in [-0.4, -0.2) is 34.4 Å². The van der Waals surface area contributed by atoms with Crippen LogP contribution >= 0.6 is 0 Å². The Labute approximate surface area is 157 Å². The summed E-state index contributed by atoms with van der Waals surface area (Å²) in [5.41, 5.74) is 2.18. The monoisotopic (exact) mass is 370 g/mol. The standard InChI is InChI=1S/C20H22N2O5/c1-11(2)7-8-22-18(23)15-6-5-14(9-16(15)19(22)24)20(25)26-10-17-12(3)21-27-13(17)4/h5-6,9,11H,7-8,10H2,1-4H3. The first kappa shape index (κ1) is 18.8. The second-order valence-electron chi connectivity index (χ2n) is 7.08. The molecule has 0 aliphatic carbocycles. The number of hydrogen-bond acceptors (Lipinski definition) is 6. The van der Waals surface area contributed by atoms with Crippen molar-refractivity contribution in [3.05, 3.63) is 51.9 Å². The van der Waals surface area contributed by atoms with E-state index in [4.69, 9.17) is 9.26 Å². The van der Waals surface area contributed by atoms with E-state index in [1.807, 2.05) is 13.8 Å². The number of rotatable bonds is 6. The Kier molecular flexibility index (Phi) is 5.12. The third kappa shape index (κ3) is 3.63. The quantitative estimate of drug-likeness (QED) is 0.572. The Balaban J connectivity index is 1.74. The third-order valence-electron chi connectivity index (χ3n) is 4.67. The van der Waals surface area contributed by atoms with Gasteiger partial charge in [0.2, 0.25) is 0 Å². The van der Waals surface area contributed by atoms with E-state index in [1.54, 1.807) is 13.8 Å². The molecule has 1 aromatic carbocycles. The van der Waals surface area contributed by atoms with Gasteiger partial charge in [0.25, 0.3) is 11.8 Å². The lowest BCUT2D eigenvalue weighted by Gasteiger charge is -2.14. The van der Waals surface area contributed by atoms with Crippen molar-refractivity contribution in [1.82, 2.24) is 10.1 Å². The summed E-state index contributed by atoms with van der Waals surface area (Å²) in [5.74, 6) is -0.277. The molecule has 1 aliphatic rings. The van der Waals surface area contributed by atoms with Gasteiger partial charge in [0.05, 0.1) is 27.9 Å². The Morgan fingerprint density at radius 2 is 1.89 bits per heavy atom. The second kappa shape index (κ2) is 7.34. The zero-order chi connectivity index (χ0) is 19.7. The molecule has 3 rings (SSSR count). The zero-order valence-corrected chi connectivity index (χ0v) is 15.9. The number of fused-ring (bicyclic) bond motifs is 1. The summed E-state index contributed by atoms with van der Waals surface area (Å²) in [4.78, 5) is 38.6. The van der Waals surface area contributed by atoms with Gasteiger partial charge >= 0.3 is 5.97 Å². The van der Waals surface area contributed by atoms with Gasteiger partial charge in [-0.3, -0.25) is 14.5 Å². The lowest BCUT2D eigenvalue weighted by Crippen LogP contribution is -2.31. The fraction of sp³-hybridized carbons (Fsp3) is 0.400. The number of benzene rings is 1. The van der Waals surface area contributed by atoms with E-state index < -0.39 is 5.97 Å². The Hall–Kier alpha value is -2.96. The molecule has 0 radical (unpaired) electrons. The summed E-state index contributed by atoms with van der Waals surface area (Å²) in [6.45, 7) is 7.98. The lowest BCUT2D eigenvalue weighted by molar-refractivity contribution is 0.0470. The summed E-state index contributed by atoms with van der Waals surface area (Å²) in [5, 5.41) is 3.82. The van der Waals surface area contributed by atoms with Crippen LogP contribution in [-0.2, 0) is 11.3 Å². The Morgan fingerprint density at radius 3 is 2.52 bits per heavy atom. The summed E-state index contributed by atoms with van der Waals surface area (Å²) in [6.07, 6.45) is 0.734. The van der Waals surface area contributed by atoms with Gasteiger partial charge in [-0.05, 0) is 44.4 Å². The van der Waals surface area contributed by atoms with E-state index in [0.717, 1.165) is 12.0 Å². The molecule has 0 saturated heterocycles. The van der Waals surface area contributed by atoms with Crippen LogP contribution in [0, 0.1) is 19.8 Å². The van der Waals surface area contributed by atoms with Crippen molar-refractivity contribution in [3.63, 3.8) is 0 Å². The van der Waals surface area contributed by atoms with Crippen LogP contribution < -0.4 is 0 Å². The van der Waals surface area contributed by atoms with Gasteiger partial charge in [0.15, 0.2) is 0 Å². The molecule has 7 nitrogen and oxygen atoms in total. The van der Waals surface area contributed by atoms with Crippen LogP contribution in [0.2, 0.25) is 0 Å². The maximum absolute atomic E-state index is 12.6. The first-order chi connectivity index (χ1) is 12.8. The molecular formula is C20H22N2O5. The minimum Gasteiger partial charge on any atom is -0.457 e. The SMILES string of the molecule is Cc1noc(C)c1COC(=O)c1ccc2c(c1)C(=O)N(CCC(C)C)C2=O. The molecule has 1 aliphatic heterocycles. The van der Waals surface area contributed by atoms with Crippen molar-refractivity contribution < 1.29 is 23.6 Å². The fourth-order valence-corrected chi connectivity index (χ4v) is 2.94. The summed E-state index contributed by atoms with van der Waals surface area (Å²) in [7, 11) is 0. The minimum absolute atomic E-state index is 0.0322. The van der Waals surface area contributed by atoms with E-state index in [-0.39, 0.29) is 29.5 Å². The molecule has 142 valence electrons. The lowest BCUT2D eigenvalue weighted by atomic mass is 10.1. The summed E-state index contributed by atoms with van der Waals surface area (Å²) in [6, 6.07) is 4.45. The average Bonchev–Trinajstić information content (AvgIpc) is 3.08. The van der Waals surface area contributed by atoms with E-state index >= 15 is 0 Å². The van der Waals surface area contributed by atoms with Crippen molar-refractivity contribution in [3.8, 4) is 0 Å². The van der Waals surface area contributed by atoms with E-state index in [2.05, 4.69) is 5.16 Å². The van der Waals surface area contributed by atoms with Crippen molar-refractivity contribution >= 4 is 17.8 Å². The average molecular weight is 370 g/mol. The van der Waals surface area contributed by atoms with Gasteiger partial charge in [-0.15, -0.1) is 0 Å². The van der Waals surface area contributed by atoms with E-state index in [1.165, 1.54) is 23.1 Å². The van der Waals surface area contributed by atoms with Crippen molar-refractivity contribution in [2.75, 3.05) is 6.54 Å². The first-order valence-electron chi connectivity index (χ1n) is 8.88. The highest BCUT2D eigenvalue weighted by Gasteiger charge is 2.35. The van der Waals surface area contributed by atoms with E-state index in [0.29, 0.717) is 29.5 Å². The van der Waals surface area contributed by atoms with Gasteiger partial charge in [0, 0.05) is 6.54 Å².